The van der Waals surface area contributed by atoms with Gasteiger partial charge < -0.3 is 19.7 Å². The highest BCUT2D eigenvalue weighted by Crippen LogP contribution is 2.25. The average Bonchev–Trinajstić information content (AvgIpc) is 3.44. The van der Waals surface area contributed by atoms with Crippen molar-refractivity contribution in [3.8, 4) is 0 Å². The van der Waals surface area contributed by atoms with E-state index in [1.807, 2.05) is 81.4 Å². The molecule has 10 nitrogen and oxygen atoms in total. The van der Waals surface area contributed by atoms with Crippen LogP contribution in [0.5, 0.6) is 0 Å². The Kier molecular flexibility index (Phi) is 11.2. The van der Waals surface area contributed by atoms with Gasteiger partial charge in [-0.3, -0.25) is 19.8 Å². The van der Waals surface area contributed by atoms with Crippen LogP contribution < -0.4 is 10.6 Å². The number of benzene rings is 2. The Bertz CT molecular complexity index is 1230. The number of ether oxygens (including phenoxy) is 2. The maximum atomic E-state index is 13.4. The molecular formula is C33H44N4O6. The molecule has 0 spiro atoms. The van der Waals surface area contributed by atoms with Gasteiger partial charge in [-0.2, -0.15) is 0 Å². The van der Waals surface area contributed by atoms with Gasteiger partial charge in [0.2, 0.25) is 11.8 Å². The standard InChI is InChI=1S/C33H44N4O6/c1-33(2,3)43-32(41)37-19-10-16-26(22-37)21-36-18-11-17-28(36)30(39)35-29(38)27(20-24-12-6-4-7-13-24)34-31(40)42-23-25-14-8-5-9-15-25/h4-9,12-15,26-28H,10-11,16-23H2,1-3H3,(H,34,40)(H,35,38,39)/t26?,27-,28+/m1/s1. The van der Waals surface area contributed by atoms with Crippen LogP contribution in [0.3, 0.4) is 0 Å². The van der Waals surface area contributed by atoms with Crippen molar-refractivity contribution in [2.45, 2.75) is 77.2 Å². The topological polar surface area (TPSA) is 117 Å². The molecule has 4 amide bonds. The zero-order chi connectivity index (χ0) is 30.8. The summed E-state index contributed by atoms with van der Waals surface area (Å²) in [6.07, 6.45) is 2.47. The van der Waals surface area contributed by atoms with E-state index >= 15 is 0 Å². The van der Waals surface area contributed by atoms with Gasteiger partial charge in [-0.25, -0.2) is 9.59 Å². The van der Waals surface area contributed by atoms with Crippen molar-refractivity contribution in [1.29, 1.82) is 0 Å². The van der Waals surface area contributed by atoms with Crippen LogP contribution in [-0.4, -0.2) is 77.7 Å². The maximum absolute atomic E-state index is 13.4. The minimum atomic E-state index is -0.995. The van der Waals surface area contributed by atoms with Crippen LogP contribution in [0.15, 0.2) is 60.7 Å². The van der Waals surface area contributed by atoms with Gasteiger partial charge in [0.25, 0.3) is 0 Å². The summed E-state index contributed by atoms with van der Waals surface area (Å²) in [5, 5.41) is 5.22. The molecule has 2 heterocycles. The van der Waals surface area contributed by atoms with Gasteiger partial charge in [0, 0.05) is 26.1 Å². The van der Waals surface area contributed by atoms with Crippen molar-refractivity contribution in [2.24, 2.45) is 5.92 Å². The van der Waals surface area contributed by atoms with Crippen molar-refractivity contribution in [1.82, 2.24) is 20.4 Å². The first kappa shape index (κ1) is 32.0. The molecule has 10 heteroatoms. The minimum absolute atomic E-state index is 0.0643. The summed E-state index contributed by atoms with van der Waals surface area (Å²) in [6, 6.07) is 17.1. The molecule has 0 radical (unpaired) electrons. The number of amides is 4. The number of likely N-dealkylation sites (tertiary alicyclic amines) is 2. The van der Waals surface area contributed by atoms with Gasteiger partial charge in [-0.15, -0.1) is 0 Å². The highest BCUT2D eigenvalue weighted by molar-refractivity contribution is 6.01. The van der Waals surface area contributed by atoms with Gasteiger partial charge >= 0.3 is 12.2 Å². The summed E-state index contributed by atoms with van der Waals surface area (Å²) >= 11 is 0. The molecule has 4 rings (SSSR count). The first-order valence-electron chi connectivity index (χ1n) is 15.2. The van der Waals surface area contributed by atoms with Crippen LogP contribution in [0.1, 0.15) is 57.6 Å². The zero-order valence-electron chi connectivity index (χ0n) is 25.4. The van der Waals surface area contributed by atoms with Gasteiger partial charge in [0.1, 0.15) is 18.2 Å². The van der Waals surface area contributed by atoms with Gasteiger partial charge in [-0.1, -0.05) is 60.7 Å². The molecule has 3 atom stereocenters. The second kappa shape index (κ2) is 15.0. The number of hydrogen-bond donors (Lipinski definition) is 2. The summed E-state index contributed by atoms with van der Waals surface area (Å²) in [5.74, 6) is -0.747. The molecule has 43 heavy (non-hydrogen) atoms. The van der Waals surface area contributed by atoms with E-state index in [1.54, 1.807) is 4.90 Å². The van der Waals surface area contributed by atoms with E-state index in [1.165, 1.54) is 0 Å². The van der Waals surface area contributed by atoms with E-state index in [-0.39, 0.29) is 30.9 Å². The quantitative estimate of drug-likeness (QED) is 0.447. The first-order chi connectivity index (χ1) is 20.6. The zero-order valence-corrected chi connectivity index (χ0v) is 25.4. The van der Waals surface area contributed by atoms with E-state index in [2.05, 4.69) is 15.5 Å². The summed E-state index contributed by atoms with van der Waals surface area (Å²) in [5.41, 5.74) is 1.11. The average molecular weight is 593 g/mol. The highest BCUT2D eigenvalue weighted by atomic mass is 16.6. The van der Waals surface area contributed by atoms with E-state index in [0.29, 0.717) is 26.1 Å². The molecule has 2 N–H and O–H groups in total. The second-order valence-corrected chi connectivity index (χ2v) is 12.4. The van der Waals surface area contributed by atoms with E-state index < -0.39 is 29.7 Å². The van der Waals surface area contributed by atoms with Gasteiger partial charge in [0.15, 0.2) is 0 Å². The molecule has 0 aromatic heterocycles. The molecule has 2 aromatic carbocycles. The minimum Gasteiger partial charge on any atom is -0.445 e. The molecule has 0 saturated carbocycles. The highest BCUT2D eigenvalue weighted by Gasteiger charge is 2.36. The van der Waals surface area contributed by atoms with E-state index in [9.17, 15) is 19.2 Å². The summed E-state index contributed by atoms with van der Waals surface area (Å²) in [7, 11) is 0. The fourth-order valence-corrected chi connectivity index (χ4v) is 5.64. The number of rotatable bonds is 9. The first-order valence-corrected chi connectivity index (χ1v) is 15.2. The number of nitrogens with zero attached hydrogens (tertiary/aromatic N) is 2. The van der Waals surface area contributed by atoms with Crippen LogP contribution in [0.25, 0.3) is 0 Å². The molecule has 232 valence electrons. The molecule has 2 aliphatic heterocycles. The Balaban J connectivity index is 1.34. The van der Waals surface area contributed by atoms with Crippen LogP contribution >= 0.6 is 0 Å². The lowest BCUT2D eigenvalue weighted by atomic mass is 9.97. The van der Waals surface area contributed by atoms with Gasteiger partial charge in [-0.05, 0) is 70.0 Å². The molecule has 2 aliphatic rings. The van der Waals surface area contributed by atoms with Crippen molar-refractivity contribution >= 4 is 24.0 Å². The fraction of sp³-hybridized carbons (Fsp3) is 0.515. The third kappa shape index (κ3) is 10.1. The Morgan fingerprint density at radius 3 is 2.23 bits per heavy atom. The summed E-state index contributed by atoms with van der Waals surface area (Å²) < 4.78 is 10.9. The van der Waals surface area contributed by atoms with Crippen molar-refractivity contribution in [3.63, 3.8) is 0 Å². The van der Waals surface area contributed by atoms with Crippen LogP contribution in [0, 0.1) is 5.92 Å². The molecular weight excluding hydrogens is 548 g/mol. The maximum Gasteiger partial charge on any atom is 0.410 e. The number of imide groups is 1. The molecule has 2 aromatic rings. The van der Waals surface area contributed by atoms with Crippen LogP contribution in [0.2, 0.25) is 0 Å². The molecule has 2 saturated heterocycles. The molecule has 1 unspecified atom stereocenters. The lowest BCUT2D eigenvalue weighted by Crippen LogP contribution is -2.54. The normalized spacial score (nSPS) is 19.7. The predicted octanol–water partition coefficient (Wildman–Crippen LogP) is 4.28. The van der Waals surface area contributed by atoms with Crippen molar-refractivity contribution in [2.75, 3.05) is 26.2 Å². The predicted molar refractivity (Wildman–Crippen MR) is 162 cm³/mol. The SMILES string of the molecule is CC(C)(C)OC(=O)N1CCCC(CN2CCC[C@H]2C(=O)NC(=O)[C@@H](Cc2ccccc2)NC(=O)OCc2ccccc2)C1. The monoisotopic (exact) mass is 592 g/mol. The lowest BCUT2D eigenvalue weighted by Gasteiger charge is -2.36. The smallest absolute Gasteiger partial charge is 0.410 e. The van der Waals surface area contributed by atoms with E-state index in [0.717, 1.165) is 36.9 Å². The number of piperidine rings is 1. The third-order valence-electron chi connectivity index (χ3n) is 7.68. The number of carbonyl (C=O) groups excluding carboxylic acids is 4. The molecule has 0 bridgehead atoms. The number of alkyl carbamates (subject to hydrolysis) is 1. The van der Waals surface area contributed by atoms with Crippen LogP contribution in [0.4, 0.5) is 9.59 Å². The number of nitrogens with one attached hydrogen (secondary N) is 2. The molecule has 0 aliphatic carbocycles. The third-order valence-corrected chi connectivity index (χ3v) is 7.68. The van der Waals surface area contributed by atoms with E-state index in [4.69, 9.17) is 9.47 Å². The fourth-order valence-electron chi connectivity index (χ4n) is 5.64. The Labute approximate surface area is 254 Å². The largest absolute Gasteiger partial charge is 0.445 e. The Morgan fingerprint density at radius 2 is 1.56 bits per heavy atom. The molecule has 2 fully saturated rings. The van der Waals surface area contributed by atoms with Crippen molar-refractivity contribution < 1.29 is 28.7 Å². The van der Waals surface area contributed by atoms with Gasteiger partial charge in [0.05, 0.1) is 6.04 Å². The Morgan fingerprint density at radius 1 is 0.907 bits per heavy atom. The summed E-state index contributed by atoms with van der Waals surface area (Å²) in [4.78, 5) is 55.9. The number of carbonyl (C=O) groups is 4. The van der Waals surface area contributed by atoms with Crippen LogP contribution in [-0.2, 0) is 32.1 Å². The van der Waals surface area contributed by atoms with Crippen molar-refractivity contribution in [3.05, 3.63) is 71.8 Å². The Hall–Kier alpha value is -3.92. The summed E-state index contributed by atoms with van der Waals surface area (Å²) in [6.45, 7) is 8.27. The second-order valence-electron chi connectivity index (χ2n) is 12.4. The lowest BCUT2D eigenvalue weighted by molar-refractivity contribution is -0.134. The number of hydrogen-bond acceptors (Lipinski definition) is 7.